The Balaban J connectivity index is 2.05. The maximum absolute atomic E-state index is 11.9. The first-order chi connectivity index (χ1) is 9.47. The number of anilines is 1. The van der Waals surface area contributed by atoms with E-state index in [-0.39, 0.29) is 6.61 Å². The quantitative estimate of drug-likeness (QED) is 0.813. The fourth-order valence-corrected chi connectivity index (χ4v) is 1.83. The van der Waals surface area contributed by atoms with E-state index in [2.05, 4.69) is 0 Å². The van der Waals surface area contributed by atoms with Gasteiger partial charge in [0.1, 0.15) is 12.3 Å². The zero-order valence-corrected chi connectivity index (χ0v) is 11.0. The number of carbonyl (C=O) groups excluding carboxylic acids is 2. The Hall–Kier alpha value is -2.76. The molecule has 0 fully saturated rings. The van der Waals surface area contributed by atoms with E-state index >= 15 is 0 Å². The monoisotopic (exact) mass is 273 g/mol. The Morgan fingerprint density at radius 1 is 1.30 bits per heavy atom. The van der Waals surface area contributed by atoms with E-state index in [0.717, 1.165) is 0 Å². The molecule has 0 aliphatic heterocycles. The number of nitrogens with zero attached hydrogens (tertiary/aromatic N) is 1. The van der Waals surface area contributed by atoms with E-state index in [4.69, 9.17) is 16.2 Å². The van der Waals surface area contributed by atoms with Gasteiger partial charge in [-0.15, -0.1) is 0 Å². The lowest BCUT2D eigenvalue weighted by Gasteiger charge is -2.06. The summed E-state index contributed by atoms with van der Waals surface area (Å²) in [6.45, 7) is 0.0606. The third-order valence-corrected chi connectivity index (χ3v) is 2.82. The van der Waals surface area contributed by atoms with E-state index in [1.54, 1.807) is 48.1 Å². The van der Waals surface area contributed by atoms with Crippen molar-refractivity contribution in [1.82, 2.24) is 4.57 Å². The number of nitrogens with two attached hydrogens (primary N) is 2. The van der Waals surface area contributed by atoms with Gasteiger partial charge in [-0.3, -0.25) is 4.79 Å². The van der Waals surface area contributed by atoms with Crippen molar-refractivity contribution in [3.63, 3.8) is 0 Å². The van der Waals surface area contributed by atoms with Gasteiger partial charge in [0.05, 0.1) is 5.69 Å². The van der Waals surface area contributed by atoms with Crippen molar-refractivity contribution in [2.45, 2.75) is 6.61 Å². The summed E-state index contributed by atoms with van der Waals surface area (Å²) < 4.78 is 6.77. The predicted molar refractivity (Wildman–Crippen MR) is 73.9 cm³/mol. The van der Waals surface area contributed by atoms with Crippen LogP contribution in [0.4, 0.5) is 5.69 Å². The number of aromatic nitrogens is 1. The van der Waals surface area contributed by atoms with Crippen molar-refractivity contribution in [3.8, 4) is 0 Å². The zero-order valence-electron chi connectivity index (χ0n) is 11.0. The van der Waals surface area contributed by atoms with Gasteiger partial charge >= 0.3 is 5.97 Å². The van der Waals surface area contributed by atoms with E-state index < -0.39 is 11.9 Å². The highest BCUT2D eigenvalue weighted by atomic mass is 16.5. The number of carbonyl (C=O) groups is 2. The molecule has 0 unspecified atom stereocenters. The van der Waals surface area contributed by atoms with Crippen molar-refractivity contribution < 1.29 is 14.3 Å². The summed E-state index contributed by atoms with van der Waals surface area (Å²) in [5, 5.41) is 0. The van der Waals surface area contributed by atoms with Gasteiger partial charge in [0.2, 0.25) is 5.91 Å². The molecule has 0 aliphatic carbocycles. The lowest BCUT2D eigenvalue weighted by atomic mass is 10.1. The first-order valence-electron chi connectivity index (χ1n) is 5.95. The van der Waals surface area contributed by atoms with Gasteiger partial charge in [0, 0.05) is 18.8 Å². The number of hydrogen-bond donors (Lipinski definition) is 2. The molecule has 20 heavy (non-hydrogen) atoms. The highest BCUT2D eigenvalue weighted by Crippen LogP contribution is 2.12. The molecule has 0 saturated heterocycles. The van der Waals surface area contributed by atoms with Crippen LogP contribution >= 0.6 is 0 Å². The van der Waals surface area contributed by atoms with Crippen LogP contribution in [0.1, 0.15) is 26.4 Å². The van der Waals surface area contributed by atoms with E-state index in [0.29, 0.717) is 22.5 Å². The zero-order chi connectivity index (χ0) is 14.7. The van der Waals surface area contributed by atoms with Crippen molar-refractivity contribution in [2.75, 3.05) is 5.73 Å². The molecule has 6 nitrogen and oxygen atoms in total. The molecule has 0 bridgehead atoms. The first-order valence-corrected chi connectivity index (χ1v) is 5.95. The van der Waals surface area contributed by atoms with E-state index in [9.17, 15) is 9.59 Å². The number of primary amides is 1. The number of ether oxygens (including phenoxy) is 1. The number of benzene rings is 1. The molecule has 0 radical (unpaired) electrons. The number of hydrogen-bond acceptors (Lipinski definition) is 4. The van der Waals surface area contributed by atoms with Crippen molar-refractivity contribution in [1.29, 1.82) is 0 Å². The van der Waals surface area contributed by atoms with Crippen LogP contribution in [0.2, 0.25) is 0 Å². The standard InChI is InChI=1S/C14H15N3O3/c1-17-7-11(15)6-12(17)14(19)20-8-9-3-2-4-10(5-9)13(16)18/h2-7H,8,15H2,1H3,(H2,16,18). The van der Waals surface area contributed by atoms with Crippen molar-refractivity contribution in [3.05, 3.63) is 53.3 Å². The normalized spacial score (nSPS) is 10.2. The SMILES string of the molecule is Cn1cc(N)cc1C(=O)OCc1cccc(C(N)=O)c1. The third kappa shape index (κ3) is 2.97. The summed E-state index contributed by atoms with van der Waals surface area (Å²) in [7, 11) is 1.71. The maximum atomic E-state index is 11.9. The predicted octanol–water partition coefficient (Wildman–Crippen LogP) is 1.06. The second-order valence-electron chi connectivity index (χ2n) is 4.41. The Labute approximate surface area is 115 Å². The van der Waals surface area contributed by atoms with Crippen molar-refractivity contribution in [2.24, 2.45) is 12.8 Å². The van der Waals surface area contributed by atoms with Crippen LogP contribution in [-0.2, 0) is 18.4 Å². The van der Waals surface area contributed by atoms with Crippen LogP contribution < -0.4 is 11.5 Å². The summed E-state index contributed by atoms with van der Waals surface area (Å²) in [6.07, 6.45) is 1.63. The number of amides is 1. The van der Waals surface area contributed by atoms with E-state index in [1.807, 2.05) is 0 Å². The van der Waals surface area contributed by atoms with Crippen molar-refractivity contribution >= 4 is 17.6 Å². The largest absolute Gasteiger partial charge is 0.456 e. The van der Waals surface area contributed by atoms with Gasteiger partial charge in [-0.25, -0.2) is 4.79 Å². The minimum atomic E-state index is -0.520. The fraction of sp³-hybridized carbons (Fsp3) is 0.143. The highest BCUT2D eigenvalue weighted by molar-refractivity contribution is 5.93. The second kappa shape index (κ2) is 5.48. The molecule has 0 aliphatic rings. The van der Waals surface area contributed by atoms with Gasteiger partial charge in [-0.1, -0.05) is 12.1 Å². The summed E-state index contributed by atoms with van der Waals surface area (Å²) in [5.41, 5.74) is 12.7. The molecular weight excluding hydrogens is 258 g/mol. The lowest BCUT2D eigenvalue weighted by molar-refractivity contribution is 0.0461. The highest BCUT2D eigenvalue weighted by Gasteiger charge is 2.12. The number of rotatable bonds is 4. The first kappa shape index (κ1) is 13.7. The number of aryl methyl sites for hydroxylation is 1. The average Bonchev–Trinajstić information content (AvgIpc) is 2.75. The number of esters is 1. The lowest BCUT2D eigenvalue weighted by Crippen LogP contribution is -2.12. The Kier molecular flexibility index (Phi) is 3.74. The Bertz CT molecular complexity index is 661. The van der Waals surface area contributed by atoms with Gasteiger partial charge in [0.25, 0.3) is 0 Å². The topological polar surface area (TPSA) is 100 Å². The molecule has 1 aromatic heterocycles. The Morgan fingerprint density at radius 2 is 2.05 bits per heavy atom. The fourth-order valence-electron chi connectivity index (χ4n) is 1.83. The molecule has 2 aromatic rings. The minimum Gasteiger partial charge on any atom is -0.456 e. The van der Waals surface area contributed by atoms with Crippen LogP contribution in [0, 0.1) is 0 Å². The summed E-state index contributed by atoms with van der Waals surface area (Å²) in [4.78, 5) is 22.9. The molecule has 1 amide bonds. The Morgan fingerprint density at radius 3 is 2.65 bits per heavy atom. The van der Waals surface area contributed by atoms with Gasteiger partial charge in [0.15, 0.2) is 0 Å². The molecule has 0 atom stereocenters. The molecule has 1 aromatic carbocycles. The second-order valence-corrected chi connectivity index (χ2v) is 4.41. The molecule has 2 rings (SSSR count). The molecule has 4 N–H and O–H groups in total. The van der Waals surface area contributed by atoms with Crippen LogP contribution in [-0.4, -0.2) is 16.4 Å². The molecule has 1 heterocycles. The number of nitrogen functional groups attached to an aromatic ring is 1. The van der Waals surface area contributed by atoms with Crippen LogP contribution in [0.15, 0.2) is 36.5 Å². The molecule has 104 valence electrons. The molecule has 0 saturated carbocycles. The average molecular weight is 273 g/mol. The molecule has 0 spiro atoms. The van der Waals surface area contributed by atoms with Gasteiger partial charge in [-0.05, 0) is 23.8 Å². The van der Waals surface area contributed by atoms with E-state index in [1.165, 1.54) is 0 Å². The smallest absolute Gasteiger partial charge is 0.355 e. The summed E-state index contributed by atoms with van der Waals surface area (Å²) >= 11 is 0. The maximum Gasteiger partial charge on any atom is 0.355 e. The molecule has 6 heteroatoms. The van der Waals surface area contributed by atoms with Gasteiger partial charge in [-0.2, -0.15) is 0 Å². The minimum absolute atomic E-state index is 0.0606. The van der Waals surface area contributed by atoms with Crippen LogP contribution in [0.25, 0.3) is 0 Å². The third-order valence-electron chi connectivity index (χ3n) is 2.82. The van der Waals surface area contributed by atoms with Gasteiger partial charge < -0.3 is 20.8 Å². The van der Waals surface area contributed by atoms with Crippen LogP contribution in [0.5, 0.6) is 0 Å². The molecular formula is C14H15N3O3. The summed E-state index contributed by atoms with van der Waals surface area (Å²) in [5.74, 6) is -0.998. The van der Waals surface area contributed by atoms with Crippen LogP contribution in [0.3, 0.4) is 0 Å². The summed E-state index contributed by atoms with van der Waals surface area (Å²) in [6, 6.07) is 8.17.